The molecule has 2 N–H and O–H groups in total. The molecule has 2 aliphatic rings. The number of imidazole rings is 1. The van der Waals surface area contributed by atoms with Gasteiger partial charge >= 0.3 is 0 Å². The molecule has 13 heteroatoms. The van der Waals surface area contributed by atoms with Gasteiger partial charge in [0.05, 0.1) is 40.3 Å². The molecule has 0 radical (unpaired) electrons. The number of fused-ring (bicyclic) bond motifs is 1. The molecule has 2 fully saturated rings. The predicted molar refractivity (Wildman–Crippen MR) is 175 cm³/mol. The number of halogens is 3. The number of rotatable bonds is 13. The van der Waals surface area contributed by atoms with Gasteiger partial charge in [-0.1, -0.05) is 30.3 Å². The summed E-state index contributed by atoms with van der Waals surface area (Å²) >= 11 is 0. The van der Waals surface area contributed by atoms with Crippen LogP contribution in [0.3, 0.4) is 0 Å². The second-order valence-corrected chi connectivity index (χ2v) is 14.8. The summed E-state index contributed by atoms with van der Waals surface area (Å²) in [6.07, 6.45) is 1.15. The standard InChI is InChI=1S/C36H32F3N5O4S/c37-20-36(12-13-36)21-44-32-16-25(35(45)43-49(46,47)27-9-10-27)8-11-31(32)41-33(44)17-23-6-7-24(15-29(23)39)30-2-1-3-34(42-30)48-19-26-5-4-22(18-40)14-28(26)38/h1-8,11,14-16,27,35,43,45H,9-10,12-13,17,19-21H2. The van der Waals surface area contributed by atoms with Gasteiger partial charge in [-0.3, -0.25) is 4.39 Å². The molecule has 5 aromatic rings. The average Bonchev–Trinajstić information content (AvgIpc) is 4.03. The van der Waals surface area contributed by atoms with Crippen molar-refractivity contribution in [3.05, 3.63) is 113 Å². The number of nitrogens with zero attached hydrogens (tertiary/aromatic N) is 4. The SMILES string of the molecule is N#Cc1ccc(COc2cccc(-c3ccc(Cc4nc5ccc(C(O)NS(=O)(=O)C6CC6)cc5n4CC4(CF)CC4)c(F)c3)n2)c(F)c1. The van der Waals surface area contributed by atoms with Crippen LogP contribution in [0.25, 0.3) is 22.3 Å². The van der Waals surface area contributed by atoms with E-state index in [1.165, 1.54) is 18.2 Å². The zero-order valence-corrected chi connectivity index (χ0v) is 27.1. The molecule has 3 aromatic carbocycles. The van der Waals surface area contributed by atoms with Gasteiger partial charge in [0.1, 0.15) is 30.3 Å². The number of aliphatic hydroxyl groups is 1. The lowest BCUT2D eigenvalue weighted by atomic mass is 10.0. The zero-order valence-electron chi connectivity index (χ0n) is 26.2. The third kappa shape index (κ3) is 7.03. The van der Waals surface area contributed by atoms with Crippen LogP contribution in [-0.4, -0.2) is 40.0 Å². The number of aliphatic hydroxyl groups excluding tert-OH is 1. The van der Waals surface area contributed by atoms with Gasteiger partial charge in [0.2, 0.25) is 15.9 Å². The van der Waals surface area contributed by atoms with E-state index in [4.69, 9.17) is 15.0 Å². The van der Waals surface area contributed by atoms with Crippen molar-refractivity contribution in [1.82, 2.24) is 19.3 Å². The fourth-order valence-corrected chi connectivity index (χ4v) is 7.17. The van der Waals surface area contributed by atoms with Gasteiger partial charge in [0.15, 0.2) is 0 Å². The first kappa shape index (κ1) is 32.8. The predicted octanol–water partition coefficient (Wildman–Crippen LogP) is 6.24. The molecule has 0 bridgehead atoms. The maximum atomic E-state index is 15.7. The van der Waals surface area contributed by atoms with Crippen molar-refractivity contribution >= 4 is 21.1 Å². The van der Waals surface area contributed by atoms with E-state index in [0.29, 0.717) is 71.5 Å². The third-order valence-corrected chi connectivity index (χ3v) is 11.0. The summed E-state index contributed by atoms with van der Waals surface area (Å²) in [5.74, 6) is -0.338. The van der Waals surface area contributed by atoms with Gasteiger partial charge in [0, 0.05) is 35.6 Å². The number of nitrogens with one attached hydrogen (secondary N) is 1. The van der Waals surface area contributed by atoms with E-state index in [1.54, 1.807) is 48.5 Å². The second kappa shape index (κ2) is 12.9. The van der Waals surface area contributed by atoms with Crippen LogP contribution in [0, 0.1) is 28.4 Å². The number of hydrogen-bond acceptors (Lipinski definition) is 7. The zero-order chi connectivity index (χ0) is 34.3. The molecule has 0 amide bonds. The molecule has 2 aromatic heterocycles. The first-order valence-electron chi connectivity index (χ1n) is 15.9. The molecule has 7 rings (SSSR count). The first-order chi connectivity index (χ1) is 23.6. The van der Waals surface area contributed by atoms with Crippen molar-refractivity contribution in [2.45, 2.75) is 56.7 Å². The Morgan fingerprint density at radius 2 is 1.80 bits per heavy atom. The Balaban J connectivity index is 1.12. The average molecular weight is 688 g/mol. The number of nitriles is 1. The fourth-order valence-electron chi connectivity index (χ4n) is 5.78. The monoisotopic (exact) mass is 687 g/mol. The van der Waals surface area contributed by atoms with Crippen LogP contribution >= 0.6 is 0 Å². The maximum absolute atomic E-state index is 15.7. The Labute approximate surface area is 281 Å². The van der Waals surface area contributed by atoms with Crippen LogP contribution in [0.5, 0.6) is 5.88 Å². The summed E-state index contributed by atoms with van der Waals surface area (Å²) in [6, 6.07) is 20.6. The number of pyridine rings is 1. The molecule has 1 atom stereocenters. The smallest absolute Gasteiger partial charge is 0.216 e. The number of ether oxygens (including phenoxy) is 1. The lowest BCUT2D eigenvalue weighted by Crippen LogP contribution is -2.31. The minimum atomic E-state index is -3.65. The lowest BCUT2D eigenvalue weighted by molar-refractivity contribution is 0.166. The number of sulfonamides is 1. The fraction of sp³-hybridized carbons (Fsp3) is 0.306. The van der Waals surface area contributed by atoms with Crippen molar-refractivity contribution in [3.63, 3.8) is 0 Å². The van der Waals surface area contributed by atoms with Crippen LogP contribution in [0.15, 0.2) is 72.8 Å². The number of hydrogen-bond donors (Lipinski definition) is 2. The van der Waals surface area contributed by atoms with Crippen LogP contribution in [0.2, 0.25) is 0 Å². The van der Waals surface area contributed by atoms with E-state index >= 15 is 4.39 Å². The van der Waals surface area contributed by atoms with Gasteiger partial charge in [-0.25, -0.2) is 27.2 Å². The van der Waals surface area contributed by atoms with E-state index in [9.17, 15) is 22.3 Å². The highest BCUT2D eigenvalue weighted by molar-refractivity contribution is 7.90. The number of aromatic nitrogens is 3. The molecule has 1 unspecified atom stereocenters. The molecule has 2 aliphatic carbocycles. The van der Waals surface area contributed by atoms with Crippen molar-refractivity contribution in [3.8, 4) is 23.2 Å². The maximum Gasteiger partial charge on any atom is 0.216 e. The molecule has 2 heterocycles. The Kier molecular flexibility index (Phi) is 8.64. The number of benzene rings is 3. The largest absolute Gasteiger partial charge is 0.473 e. The molecule has 0 saturated heterocycles. The highest BCUT2D eigenvalue weighted by atomic mass is 32.2. The molecule has 9 nitrogen and oxygen atoms in total. The van der Waals surface area contributed by atoms with Crippen LogP contribution < -0.4 is 9.46 Å². The van der Waals surface area contributed by atoms with Crippen LogP contribution in [0.4, 0.5) is 13.2 Å². The van der Waals surface area contributed by atoms with Crippen molar-refractivity contribution < 1.29 is 31.4 Å². The van der Waals surface area contributed by atoms with Gasteiger partial charge in [-0.05, 0) is 73.2 Å². The molecular weight excluding hydrogens is 655 g/mol. The third-order valence-electron chi connectivity index (χ3n) is 9.12. The summed E-state index contributed by atoms with van der Waals surface area (Å²) in [4.78, 5) is 9.20. The Morgan fingerprint density at radius 3 is 2.49 bits per heavy atom. The molecule has 0 aliphatic heterocycles. The summed E-state index contributed by atoms with van der Waals surface area (Å²) in [5, 5.41) is 19.2. The van der Waals surface area contributed by atoms with E-state index in [1.807, 2.05) is 10.6 Å². The van der Waals surface area contributed by atoms with Crippen LogP contribution in [-0.2, 0) is 29.6 Å². The quantitative estimate of drug-likeness (QED) is 0.140. The molecule has 49 heavy (non-hydrogen) atoms. The van der Waals surface area contributed by atoms with Gasteiger partial charge in [-0.15, -0.1) is 0 Å². The van der Waals surface area contributed by atoms with Crippen LogP contribution in [0.1, 0.15) is 60.0 Å². The molecule has 0 spiro atoms. The van der Waals surface area contributed by atoms with E-state index < -0.39 is 45.2 Å². The molecular formula is C36H32F3N5O4S. The topological polar surface area (TPSA) is 130 Å². The summed E-state index contributed by atoms with van der Waals surface area (Å²) in [6.45, 7) is -0.315. The van der Waals surface area contributed by atoms with E-state index in [0.717, 1.165) is 6.07 Å². The summed E-state index contributed by atoms with van der Waals surface area (Å²) < 4.78 is 78.8. The summed E-state index contributed by atoms with van der Waals surface area (Å²) in [7, 11) is -3.65. The molecule has 252 valence electrons. The lowest BCUT2D eigenvalue weighted by Gasteiger charge is -2.17. The minimum Gasteiger partial charge on any atom is -0.473 e. The second-order valence-electron chi connectivity index (χ2n) is 12.8. The van der Waals surface area contributed by atoms with E-state index in [2.05, 4.69) is 9.71 Å². The Bertz CT molecular complexity index is 2210. The Hall–Kier alpha value is -4.77. The number of alkyl halides is 1. The van der Waals surface area contributed by atoms with Crippen molar-refractivity contribution in [2.24, 2.45) is 5.41 Å². The normalized spacial score (nSPS) is 16.0. The minimum absolute atomic E-state index is 0.0993. The van der Waals surface area contributed by atoms with Crippen molar-refractivity contribution in [1.29, 1.82) is 5.26 Å². The molecule has 2 saturated carbocycles. The Morgan fingerprint density at radius 1 is 1.02 bits per heavy atom. The highest BCUT2D eigenvalue weighted by Gasteiger charge is 2.44. The van der Waals surface area contributed by atoms with E-state index in [-0.39, 0.29) is 30.0 Å². The first-order valence-corrected chi connectivity index (χ1v) is 17.4. The van der Waals surface area contributed by atoms with Crippen molar-refractivity contribution in [2.75, 3.05) is 6.67 Å². The van der Waals surface area contributed by atoms with Gasteiger partial charge in [-0.2, -0.15) is 9.98 Å². The summed E-state index contributed by atoms with van der Waals surface area (Å²) in [5.41, 5.74) is 2.69. The van der Waals surface area contributed by atoms with Gasteiger partial charge < -0.3 is 14.4 Å². The van der Waals surface area contributed by atoms with Gasteiger partial charge in [0.25, 0.3) is 0 Å². The highest BCUT2D eigenvalue weighted by Crippen LogP contribution is 2.48.